The number of hydrogen-bond acceptors (Lipinski definition) is 3. The second-order valence-electron chi connectivity index (χ2n) is 3.44. The number of hydrogen-bond donors (Lipinski definition) is 0. The maximum Gasteiger partial charge on any atom is 0.181 e. The molecule has 0 atom stereocenters. The summed E-state index contributed by atoms with van der Waals surface area (Å²) in [4.78, 5) is 19.9. The van der Waals surface area contributed by atoms with Gasteiger partial charge < -0.3 is 0 Å². The van der Waals surface area contributed by atoms with E-state index < -0.39 is 0 Å². The van der Waals surface area contributed by atoms with Crippen LogP contribution in [0.25, 0.3) is 10.9 Å². The number of carbonyl (C=O) groups excluding carboxylic acids is 1. The van der Waals surface area contributed by atoms with E-state index >= 15 is 0 Å². The summed E-state index contributed by atoms with van der Waals surface area (Å²) >= 11 is 0. The molecule has 0 bridgehead atoms. The monoisotopic (exact) mass is 200 g/mol. The van der Waals surface area contributed by atoms with E-state index in [2.05, 4.69) is 9.97 Å². The highest BCUT2D eigenvalue weighted by Gasteiger charge is 2.06. The third-order valence-electron chi connectivity index (χ3n) is 2.25. The normalized spacial score (nSPS) is 10.5. The van der Waals surface area contributed by atoms with Crippen LogP contribution in [0.2, 0.25) is 0 Å². The molecule has 0 aromatic carbocycles. The molecule has 2 aromatic heterocycles. The molecule has 2 heterocycles. The van der Waals surface area contributed by atoms with E-state index in [-0.39, 0.29) is 5.78 Å². The van der Waals surface area contributed by atoms with Crippen LogP contribution in [0.5, 0.6) is 0 Å². The minimum absolute atomic E-state index is 0.108. The topological polar surface area (TPSA) is 42.9 Å². The molecular weight excluding hydrogens is 188 g/mol. The highest BCUT2D eigenvalue weighted by atomic mass is 16.1. The van der Waals surface area contributed by atoms with E-state index in [0.29, 0.717) is 12.1 Å². The number of nitrogens with zero attached hydrogens (tertiary/aromatic N) is 2. The third-order valence-corrected chi connectivity index (χ3v) is 2.25. The second kappa shape index (κ2) is 4.17. The van der Waals surface area contributed by atoms with Crippen LogP contribution < -0.4 is 0 Å². The van der Waals surface area contributed by atoms with Crippen LogP contribution in [0.3, 0.4) is 0 Å². The van der Waals surface area contributed by atoms with Crippen molar-refractivity contribution in [1.29, 1.82) is 0 Å². The molecule has 2 aromatic rings. The van der Waals surface area contributed by atoms with Gasteiger partial charge in [0.1, 0.15) is 5.69 Å². The first-order chi connectivity index (χ1) is 7.31. The maximum absolute atomic E-state index is 11.6. The van der Waals surface area contributed by atoms with Crippen molar-refractivity contribution in [2.75, 3.05) is 0 Å². The van der Waals surface area contributed by atoms with Gasteiger partial charge in [0.15, 0.2) is 5.78 Å². The third kappa shape index (κ3) is 2.01. The summed E-state index contributed by atoms with van der Waals surface area (Å²) in [6.45, 7) is 1.99. The van der Waals surface area contributed by atoms with Gasteiger partial charge >= 0.3 is 0 Å². The average Bonchev–Trinajstić information content (AvgIpc) is 2.29. The van der Waals surface area contributed by atoms with Crippen LogP contribution >= 0.6 is 0 Å². The minimum atomic E-state index is 0.108. The van der Waals surface area contributed by atoms with Crippen molar-refractivity contribution in [3.63, 3.8) is 0 Å². The standard InChI is InChI=1S/C12H12N2O/c1-2-3-12(15)11-5-4-9-8-13-7-6-10(9)14-11/h4-8H,2-3H2,1H3. The quantitative estimate of drug-likeness (QED) is 0.715. The van der Waals surface area contributed by atoms with Crippen LogP contribution in [0.15, 0.2) is 30.6 Å². The lowest BCUT2D eigenvalue weighted by Crippen LogP contribution is -2.01. The molecule has 0 N–H and O–H groups in total. The van der Waals surface area contributed by atoms with Crippen LogP contribution in [-0.2, 0) is 0 Å². The van der Waals surface area contributed by atoms with Gasteiger partial charge in [-0.3, -0.25) is 9.78 Å². The molecule has 2 rings (SSSR count). The van der Waals surface area contributed by atoms with Crippen molar-refractivity contribution in [2.24, 2.45) is 0 Å². The smallest absolute Gasteiger partial charge is 0.181 e. The number of ketones is 1. The zero-order valence-corrected chi connectivity index (χ0v) is 8.60. The Labute approximate surface area is 88.2 Å². The van der Waals surface area contributed by atoms with E-state index in [9.17, 15) is 4.79 Å². The van der Waals surface area contributed by atoms with Crippen molar-refractivity contribution >= 4 is 16.7 Å². The van der Waals surface area contributed by atoms with Crippen molar-refractivity contribution in [3.8, 4) is 0 Å². The fourth-order valence-electron chi connectivity index (χ4n) is 1.48. The van der Waals surface area contributed by atoms with Gasteiger partial charge in [0.2, 0.25) is 0 Å². The summed E-state index contributed by atoms with van der Waals surface area (Å²) in [5.74, 6) is 0.108. The van der Waals surface area contributed by atoms with Gasteiger partial charge in [0.05, 0.1) is 5.52 Å². The molecule has 0 fully saturated rings. The van der Waals surface area contributed by atoms with Gasteiger partial charge in [0.25, 0.3) is 0 Å². The Morgan fingerprint density at radius 1 is 1.33 bits per heavy atom. The molecule has 0 unspecified atom stereocenters. The lowest BCUT2D eigenvalue weighted by atomic mass is 10.1. The van der Waals surface area contributed by atoms with Crippen molar-refractivity contribution < 1.29 is 4.79 Å². The molecule has 76 valence electrons. The van der Waals surface area contributed by atoms with Crippen molar-refractivity contribution in [1.82, 2.24) is 9.97 Å². The molecule has 0 aliphatic carbocycles. The molecule has 0 saturated heterocycles. The van der Waals surface area contributed by atoms with Crippen LogP contribution in [0, 0.1) is 0 Å². The highest BCUT2D eigenvalue weighted by molar-refractivity contribution is 5.96. The molecule has 0 radical (unpaired) electrons. The van der Waals surface area contributed by atoms with E-state index in [1.54, 1.807) is 18.5 Å². The molecule has 0 spiro atoms. The number of fused-ring (bicyclic) bond motifs is 1. The van der Waals surface area contributed by atoms with Gasteiger partial charge in [-0.2, -0.15) is 0 Å². The minimum Gasteiger partial charge on any atom is -0.292 e. The number of carbonyl (C=O) groups is 1. The molecule has 0 amide bonds. The Hall–Kier alpha value is -1.77. The summed E-state index contributed by atoms with van der Waals surface area (Å²) in [6, 6.07) is 5.47. The molecule has 0 aliphatic heterocycles. The number of aromatic nitrogens is 2. The average molecular weight is 200 g/mol. The fourth-order valence-corrected chi connectivity index (χ4v) is 1.48. The van der Waals surface area contributed by atoms with Gasteiger partial charge in [-0.15, -0.1) is 0 Å². The van der Waals surface area contributed by atoms with Crippen LogP contribution in [-0.4, -0.2) is 15.8 Å². The van der Waals surface area contributed by atoms with Gasteiger partial charge in [-0.05, 0) is 24.6 Å². The largest absolute Gasteiger partial charge is 0.292 e. The second-order valence-corrected chi connectivity index (χ2v) is 3.44. The molecule has 0 aliphatic rings. The first kappa shape index (κ1) is 9.77. The molecule has 3 nitrogen and oxygen atoms in total. The number of rotatable bonds is 3. The van der Waals surface area contributed by atoms with Crippen molar-refractivity contribution in [2.45, 2.75) is 19.8 Å². The SMILES string of the molecule is CCCC(=O)c1ccc2cnccc2n1. The summed E-state index contributed by atoms with van der Waals surface area (Å²) < 4.78 is 0. The van der Waals surface area contributed by atoms with Gasteiger partial charge in [0, 0.05) is 24.2 Å². The number of pyridine rings is 2. The van der Waals surface area contributed by atoms with E-state index in [1.807, 2.05) is 19.1 Å². The molecular formula is C12H12N2O. The van der Waals surface area contributed by atoms with E-state index in [4.69, 9.17) is 0 Å². The molecule has 0 saturated carbocycles. The zero-order chi connectivity index (χ0) is 10.7. The van der Waals surface area contributed by atoms with E-state index in [1.165, 1.54) is 0 Å². The summed E-state index contributed by atoms with van der Waals surface area (Å²) in [5, 5.41) is 0.963. The Balaban J connectivity index is 2.42. The first-order valence-corrected chi connectivity index (χ1v) is 5.05. The number of Topliss-reactive ketones (excluding diaryl/α,β-unsaturated/α-hetero) is 1. The first-order valence-electron chi connectivity index (χ1n) is 5.05. The summed E-state index contributed by atoms with van der Waals surface area (Å²) in [7, 11) is 0. The van der Waals surface area contributed by atoms with Gasteiger partial charge in [-0.25, -0.2) is 4.98 Å². The lowest BCUT2D eigenvalue weighted by molar-refractivity contribution is 0.0977. The molecule has 3 heteroatoms. The van der Waals surface area contributed by atoms with Crippen LogP contribution in [0.1, 0.15) is 30.3 Å². The van der Waals surface area contributed by atoms with Gasteiger partial charge in [-0.1, -0.05) is 6.92 Å². The lowest BCUT2D eigenvalue weighted by Gasteiger charge is -2.00. The summed E-state index contributed by atoms with van der Waals surface area (Å²) in [6.07, 6.45) is 4.85. The van der Waals surface area contributed by atoms with Crippen molar-refractivity contribution in [3.05, 3.63) is 36.3 Å². The Morgan fingerprint density at radius 3 is 3.00 bits per heavy atom. The van der Waals surface area contributed by atoms with Crippen LogP contribution in [0.4, 0.5) is 0 Å². The predicted octanol–water partition coefficient (Wildman–Crippen LogP) is 2.61. The summed E-state index contributed by atoms with van der Waals surface area (Å²) in [5.41, 5.74) is 1.38. The molecule has 15 heavy (non-hydrogen) atoms. The van der Waals surface area contributed by atoms with E-state index in [0.717, 1.165) is 17.3 Å². The predicted molar refractivity (Wildman–Crippen MR) is 58.8 cm³/mol. The highest BCUT2D eigenvalue weighted by Crippen LogP contribution is 2.11. The Bertz CT molecular complexity index is 494. The Morgan fingerprint density at radius 2 is 2.20 bits per heavy atom. The Kier molecular flexibility index (Phi) is 2.72. The zero-order valence-electron chi connectivity index (χ0n) is 8.60. The fraction of sp³-hybridized carbons (Fsp3) is 0.250. The maximum atomic E-state index is 11.6.